The summed E-state index contributed by atoms with van der Waals surface area (Å²) in [5, 5.41) is 2.27. The first-order valence-electron chi connectivity index (χ1n) is 11.4. The molecule has 34 heavy (non-hydrogen) atoms. The summed E-state index contributed by atoms with van der Waals surface area (Å²) in [4.78, 5) is 2.27. The molecule has 2 aliphatic rings. The molecule has 0 aliphatic carbocycles. The van der Waals surface area contributed by atoms with Crippen LogP contribution < -0.4 is 14.4 Å². The summed E-state index contributed by atoms with van der Waals surface area (Å²) in [6.07, 6.45) is 0. The largest absolute Gasteiger partial charge is 0.453 e. The van der Waals surface area contributed by atoms with E-state index in [9.17, 15) is 0 Å². The molecule has 3 heterocycles. The van der Waals surface area contributed by atoms with E-state index < -0.39 is 0 Å². The van der Waals surface area contributed by atoms with Gasteiger partial charge in [0.1, 0.15) is 5.69 Å². The van der Waals surface area contributed by atoms with Crippen molar-refractivity contribution in [3.05, 3.63) is 109 Å². The maximum atomic E-state index is 6.70. The van der Waals surface area contributed by atoms with Crippen LogP contribution in [0.1, 0.15) is 0 Å². The van der Waals surface area contributed by atoms with Gasteiger partial charge in [0, 0.05) is 16.5 Å². The third-order valence-electron chi connectivity index (χ3n) is 6.74. The van der Waals surface area contributed by atoms with Crippen LogP contribution in [0.3, 0.4) is 0 Å². The second-order valence-electron chi connectivity index (χ2n) is 8.61. The van der Waals surface area contributed by atoms with Gasteiger partial charge in [0.25, 0.3) is 0 Å². The predicted molar refractivity (Wildman–Crippen MR) is 136 cm³/mol. The number of para-hydroxylation sites is 6. The molecular weight excluding hydrogens is 420 g/mol. The summed E-state index contributed by atoms with van der Waals surface area (Å²) >= 11 is 0. The average Bonchev–Trinajstić information content (AvgIpc) is 3.23. The minimum Gasteiger partial charge on any atom is -0.453 e. The Bertz CT molecular complexity index is 1760. The number of aromatic nitrogens is 1. The zero-order valence-corrected chi connectivity index (χ0v) is 18.1. The van der Waals surface area contributed by atoms with Crippen molar-refractivity contribution in [3.8, 4) is 28.7 Å². The van der Waals surface area contributed by atoms with Crippen molar-refractivity contribution in [1.82, 2.24) is 4.57 Å². The summed E-state index contributed by atoms with van der Waals surface area (Å²) in [6, 6.07) is 37.5. The van der Waals surface area contributed by atoms with Gasteiger partial charge in [0.2, 0.25) is 0 Å². The highest BCUT2D eigenvalue weighted by Gasteiger charge is 2.37. The van der Waals surface area contributed by atoms with Crippen LogP contribution in [-0.2, 0) is 0 Å². The Morgan fingerprint density at radius 1 is 0.529 bits per heavy atom. The molecule has 0 unspecified atom stereocenters. The molecule has 5 aromatic carbocycles. The third-order valence-corrected chi connectivity index (χ3v) is 6.74. The topological polar surface area (TPSA) is 26.6 Å². The fraction of sp³-hybridized carbons (Fsp3) is 0. The lowest BCUT2D eigenvalue weighted by atomic mass is 10.0. The molecule has 0 spiro atoms. The number of benzene rings is 5. The Morgan fingerprint density at radius 2 is 1.18 bits per heavy atom. The molecule has 2 aliphatic heterocycles. The van der Waals surface area contributed by atoms with E-state index in [-0.39, 0.29) is 0 Å². The number of rotatable bonds is 1. The Balaban J connectivity index is 1.57. The molecule has 0 radical (unpaired) electrons. The third kappa shape index (κ3) is 2.22. The zero-order valence-electron chi connectivity index (χ0n) is 18.1. The second kappa shape index (κ2) is 6.42. The van der Waals surface area contributed by atoms with Gasteiger partial charge in [-0.05, 0) is 48.5 Å². The van der Waals surface area contributed by atoms with Gasteiger partial charge in [-0.25, -0.2) is 0 Å². The molecular formula is C30H18N2O2. The molecule has 0 atom stereocenters. The highest BCUT2D eigenvalue weighted by atomic mass is 16.5. The number of hydrogen-bond acceptors (Lipinski definition) is 3. The summed E-state index contributed by atoms with van der Waals surface area (Å²) < 4.78 is 15.5. The molecule has 0 fully saturated rings. The summed E-state index contributed by atoms with van der Waals surface area (Å²) in [7, 11) is 0. The van der Waals surface area contributed by atoms with Crippen LogP contribution in [0.2, 0.25) is 0 Å². The lowest BCUT2D eigenvalue weighted by Gasteiger charge is -2.38. The fourth-order valence-corrected chi connectivity index (χ4v) is 5.35. The highest BCUT2D eigenvalue weighted by Crippen LogP contribution is 2.62. The van der Waals surface area contributed by atoms with Crippen LogP contribution in [0.4, 0.5) is 17.1 Å². The van der Waals surface area contributed by atoms with Crippen molar-refractivity contribution in [1.29, 1.82) is 0 Å². The molecule has 0 saturated carbocycles. The second-order valence-corrected chi connectivity index (χ2v) is 8.61. The van der Waals surface area contributed by atoms with Gasteiger partial charge in [-0.1, -0.05) is 60.7 Å². The van der Waals surface area contributed by atoms with Gasteiger partial charge in [-0.3, -0.25) is 4.90 Å². The SMILES string of the molecule is c1ccc(-n2c3ccccc3c3cc4c5c(c32)Oc2ccccc2N5c2ccccc2O4)cc1. The first kappa shape index (κ1) is 17.8. The highest BCUT2D eigenvalue weighted by molar-refractivity contribution is 6.15. The van der Waals surface area contributed by atoms with Crippen molar-refractivity contribution in [2.45, 2.75) is 0 Å². The summed E-state index contributed by atoms with van der Waals surface area (Å²) in [6.45, 7) is 0. The van der Waals surface area contributed by atoms with E-state index in [0.717, 1.165) is 67.6 Å². The number of hydrogen-bond donors (Lipinski definition) is 0. The lowest BCUT2D eigenvalue weighted by molar-refractivity contribution is 0.449. The molecule has 0 amide bonds. The van der Waals surface area contributed by atoms with E-state index in [1.165, 1.54) is 0 Å². The van der Waals surface area contributed by atoms with Crippen molar-refractivity contribution < 1.29 is 9.47 Å². The zero-order chi connectivity index (χ0) is 22.2. The number of anilines is 3. The smallest absolute Gasteiger partial charge is 0.180 e. The number of nitrogens with zero attached hydrogens (tertiary/aromatic N) is 2. The Hall–Kier alpha value is -4.70. The fourth-order valence-electron chi connectivity index (χ4n) is 5.35. The van der Waals surface area contributed by atoms with Gasteiger partial charge in [0.05, 0.1) is 22.4 Å². The standard InChI is InChI=1S/C30H18N2O2/c1-2-10-19(11-3-1)31-22-13-5-4-12-20(22)21-18-27-29-30(28(21)31)34-26-17-9-7-15-24(26)32(29)23-14-6-8-16-25(23)33-27/h1-18H. The van der Waals surface area contributed by atoms with Gasteiger partial charge >= 0.3 is 0 Å². The molecule has 4 heteroatoms. The van der Waals surface area contributed by atoms with Gasteiger partial charge < -0.3 is 14.0 Å². The molecule has 160 valence electrons. The summed E-state index contributed by atoms with van der Waals surface area (Å²) in [5.74, 6) is 3.27. The molecule has 1 aromatic heterocycles. The van der Waals surface area contributed by atoms with Crippen LogP contribution in [0.25, 0.3) is 27.5 Å². The summed E-state index contributed by atoms with van der Waals surface area (Å²) in [5.41, 5.74) is 6.21. The monoisotopic (exact) mass is 438 g/mol. The van der Waals surface area contributed by atoms with Crippen LogP contribution in [-0.4, -0.2) is 4.57 Å². The lowest BCUT2D eigenvalue weighted by Crippen LogP contribution is -2.20. The minimum absolute atomic E-state index is 0.798. The van der Waals surface area contributed by atoms with E-state index in [0.29, 0.717) is 0 Å². The van der Waals surface area contributed by atoms with Crippen molar-refractivity contribution in [2.24, 2.45) is 0 Å². The van der Waals surface area contributed by atoms with E-state index in [1.807, 2.05) is 42.5 Å². The van der Waals surface area contributed by atoms with Gasteiger partial charge in [0.15, 0.2) is 23.0 Å². The first-order valence-corrected chi connectivity index (χ1v) is 11.4. The van der Waals surface area contributed by atoms with E-state index in [1.54, 1.807) is 0 Å². The van der Waals surface area contributed by atoms with Crippen molar-refractivity contribution >= 4 is 38.9 Å². The first-order chi connectivity index (χ1) is 16.9. The van der Waals surface area contributed by atoms with Crippen LogP contribution in [0.5, 0.6) is 23.0 Å². The predicted octanol–water partition coefficient (Wildman–Crippen LogP) is 8.46. The molecule has 6 aromatic rings. The van der Waals surface area contributed by atoms with Gasteiger partial charge in [-0.15, -0.1) is 0 Å². The number of fused-ring (bicyclic) bond motifs is 8. The van der Waals surface area contributed by atoms with Gasteiger partial charge in [-0.2, -0.15) is 0 Å². The van der Waals surface area contributed by atoms with Crippen molar-refractivity contribution in [3.63, 3.8) is 0 Å². The molecule has 0 bridgehead atoms. The van der Waals surface area contributed by atoms with E-state index in [4.69, 9.17) is 9.47 Å². The maximum absolute atomic E-state index is 6.70. The molecule has 0 saturated heterocycles. The number of ether oxygens (including phenoxy) is 2. The quantitative estimate of drug-likeness (QED) is 0.257. The average molecular weight is 438 g/mol. The van der Waals surface area contributed by atoms with Crippen molar-refractivity contribution in [2.75, 3.05) is 4.90 Å². The van der Waals surface area contributed by atoms with Crippen LogP contribution >= 0.6 is 0 Å². The Kier molecular flexibility index (Phi) is 3.36. The maximum Gasteiger partial charge on any atom is 0.180 e. The normalized spacial score (nSPS) is 13.1. The molecule has 4 nitrogen and oxygen atoms in total. The minimum atomic E-state index is 0.798. The Morgan fingerprint density at radius 3 is 1.97 bits per heavy atom. The Labute approximate surface area is 195 Å². The van der Waals surface area contributed by atoms with E-state index >= 15 is 0 Å². The van der Waals surface area contributed by atoms with E-state index in [2.05, 4.69) is 76.2 Å². The molecule has 0 N–H and O–H groups in total. The molecule has 8 rings (SSSR count). The van der Waals surface area contributed by atoms with Crippen LogP contribution in [0, 0.1) is 0 Å². The van der Waals surface area contributed by atoms with Crippen LogP contribution in [0.15, 0.2) is 109 Å².